The van der Waals surface area contributed by atoms with Crippen molar-refractivity contribution in [2.24, 2.45) is 5.41 Å². The fourth-order valence-electron chi connectivity index (χ4n) is 4.74. The second-order valence-corrected chi connectivity index (χ2v) is 12.1. The van der Waals surface area contributed by atoms with E-state index in [1.807, 2.05) is 42.3 Å². The lowest BCUT2D eigenvalue weighted by Crippen LogP contribution is -2.53. The highest BCUT2D eigenvalue weighted by Crippen LogP contribution is 2.39. The van der Waals surface area contributed by atoms with E-state index in [9.17, 15) is 13.2 Å². The Hall–Kier alpha value is -1.84. The SMILES string of the molecule is CN1CCN(C(=O)C[C@@]2(COc3ccccc3)CCCN(S(=O)(=O)c3cccc(Cl)c3Cl)C2)CC1. The Balaban J connectivity index is 1.59. The average Bonchev–Trinajstić information content (AvgIpc) is 2.85. The Morgan fingerprint density at radius 1 is 1.00 bits per heavy atom. The van der Waals surface area contributed by atoms with Crippen molar-refractivity contribution >= 4 is 39.1 Å². The van der Waals surface area contributed by atoms with Crippen molar-refractivity contribution in [2.75, 3.05) is 52.9 Å². The zero-order valence-electron chi connectivity index (χ0n) is 19.8. The van der Waals surface area contributed by atoms with E-state index in [4.69, 9.17) is 27.9 Å². The van der Waals surface area contributed by atoms with Crippen LogP contribution in [0, 0.1) is 5.41 Å². The number of benzene rings is 2. The third-order valence-corrected chi connectivity index (χ3v) is 9.65. The number of ether oxygens (including phenoxy) is 1. The number of halogens is 2. The largest absolute Gasteiger partial charge is 0.493 e. The third kappa shape index (κ3) is 6.12. The first-order valence-electron chi connectivity index (χ1n) is 11.8. The van der Waals surface area contributed by atoms with Gasteiger partial charge in [-0.05, 0) is 44.2 Å². The van der Waals surface area contributed by atoms with E-state index in [2.05, 4.69) is 4.90 Å². The van der Waals surface area contributed by atoms with Crippen molar-refractivity contribution < 1.29 is 17.9 Å². The molecule has 35 heavy (non-hydrogen) atoms. The number of hydrogen-bond donors (Lipinski definition) is 0. The number of hydrogen-bond acceptors (Lipinski definition) is 5. The highest BCUT2D eigenvalue weighted by molar-refractivity contribution is 7.89. The van der Waals surface area contributed by atoms with Gasteiger partial charge in [0.1, 0.15) is 10.6 Å². The van der Waals surface area contributed by atoms with Gasteiger partial charge in [0.05, 0.1) is 16.7 Å². The lowest BCUT2D eigenvalue weighted by atomic mass is 9.78. The minimum Gasteiger partial charge on any atom is -0.493 e. The van der Waals surface area contributed by atoms with Crippen molar-refractivity contribution in [3.63, 3.8) is 0 Å². The summed E-state index contributed by atoms with van der Waals surface area (Å²) in [5, 5.41) is 0.202. The fraction of sp³-hybridized carbons (Fsp3) is 0.480. The van der Waals surface area contributed by atoms with Gasteiger partial charge >= 0.3 is 0 Å². The molecule has 0 radical (unpaired) electrons. The molecule has 0 N–H and O–H groups in total. The van der Waals surface area contributed by atoms with Gasteiger partial charge in [0.25, 0.3) is 0 Å². The van der Waals surface area contributed by atoms with Crippen LogP contribution in [0.3, 0.4) is 0 Å². The maximum absolute atomic E-state index is 13.6. The lowest BCUT2D eigenvalue weighted by Gasteiger charge is -2.43. The molecular weight excluding hydrogens is 509 g/mol. The number of nitrogens with zero attached hydrogens (tertiary/aromatic N) is 3. The van der Waals surface area contributed by atoms with E-state index in [1.54, 1.807) is 12.1 Å². The van der Waals surface area contributed by atoms with Crippen LogP contribution < -0.4 is 4.74 Å². The number of piperazine rings is 1. The predicted octanol–water partition coefficient (Wildman–Crippen LogP) is 4.01. The summed E-state index contributed by atoms with van der Waals surface area (Å²) < 4.78 is 34.7. The molecule has 10 heteroatoms. The van der Waals surface area contributed by atoms with E-state index in [-0.39, 0.29) is 40.4 Å². The summed E-state index contributed by atoms with van der Waals surface area (Å²) in [6.45, 7) is 3.76. The summed E-state index contributed by atoms with van der Waals surface area (Å²) >= 11 is 12.4. The molecule has 4 rings (SSSR count). The number of rotatable bonds is 7. The van der Waals surface area contributed by atoms with Crippen molar-refractivity contribution in [3.05, 3.63) is 58.6 Å². The van der Waals surface area contributed by atoms with Gasteiger partial charge in [-0.2, -0.15) is 4.31 Å². The van der Waals surface area contributed by atoms with E-state index in [1.165, 1.54) is 10.4 Å². The van der Waals surface area contributed by atoms with Crippen LogP contribution in [-0.4, -0.2) is 81.4 Å². The summed E-state index contributed by atoms with van der Waals surface area (Å²) in [7, 11) is -1.86. The molecule has 2 heterocycles. The second-order valence-electron chi connectivity index (χ2n) is 9.46. The van der Waals surface area contributed by atoms with E-state index in [0.717, 1.165) is 13.1 Å². The van der Waals surface area contributed by atoms with Crippen molar-refractivity contribution in [2.45, 2.75) is 24.2 Å². The van der Waals surface area contributed by atoms with Crippen LogP contribution in [0.25, 0.3) is 0 Å². The molecule has 0 spiro atoms. The molecule has 2 aliphatic rings. The highest BCUT2D eigenvalue weighted by atomic mass is 35.5. The number of carbonyl (C=O) groups excluding carboxylic acids is 1. The van der Waals surface area contributed by atoms with Gasteiger partial charge in [-0.1, -0.05) is 47.5 Å². The third-order valence-electron chi connectivity index (χ3n) is 6.83. The maximum atomic E-state index is 13.6. The molecule has 0 bridgehead atoms. The van der Waals surface area contributed by atoms with Gasteiger partial charge in [-0.15, -0.1) is 0 Å². The standard InChI is InChI=1S/C25H31Cl2N3O4S/c1-28-13-15-29(16-14-28)23(31)17-25(19-34-20-7-3-2-4-8-20)11-6-12-30(18-25)35(32,33)22-10-5-9-21(26)24(22)27/h2-5,7-10H,6,11-19H2,1H3/t25-/m0/s1. The van der Waals surface area contributed by atoms with Gasteiger partial charge in [0.15, 0.2) is 0 Å². The first-order chi connectivity index (χ1) is 16.7. The topological polar surface area (TPSA) is 70.2 Å². The Morgan fingerprint density at radius 3 is 2.43 bits per heavy atom. The molecule has 0 unspecified atom stereocenters. The Kier molecular flexibility index (Phi) is 8.28. The molecule has 2 aromatic rings. The average molecular weight is 541 g/mol. The highest BCUT2D eigenvalue weighted by Gasteiger charge is 2.43. The molecule has 0 aromatic heterocycles. The van der Waals surface area contributed by atoms with Gasteiger partial charge in [0, 0.05) is 51.1 Å². The molecule has 0 saturated carbocycles. The molecule has 2 fully saturated rings. The van der Waals surface area contributed by atoms with Crippen molar-refractivity contribution in [1.29, 1.82) is 0 Å². The smallest absolute Gasteiger partial charge is 0.244 e. The number of amides is 1. The number of piperidine rings is 1. The first kappa shape index (κ1) is 26.2. The van der Waals surface area contributed by atoms with Gasteiger partial charge < -0.3 is 14.5 Å². The minimum absolute atomic E-state index is 0.0133. The molecule has 7 nitrogen and oxygen atoms in total. The molecule has 0 aliphatic carbocycles. The molecule has 1 amide bonds. The number of likely N-dealkylation sites (N-methyl/N-ethyl adjacent to an activating group) is 1. The molecule has 190 valence electrons. The first-order valence-corrected chi connectivity index (χ1v) is 14.0. The Morgan fingerprint density at radius 2 is 1.71 bits per heavy atom. The molecular formula is C25H31Cl2N3O4S. The fourth-order valence-corrected chi connectivity index (χ4v) is 7.07. The lowest BCUT2D eigenvalue weighted by molar-refractivity contribution is -0.136. The van der Waals surface area contributed by atoms with E-state index in [0.29, 0.717) is 38.2 Å². The molecule has 1 atom stereocenters. The number of carbonyl (C=O) groups is 1. The monoisotopic (exact) mass is 539 g/mol. The summed E-state index contributed by atoms with van der Waals surface area (Å²) in [5.41, 5.74) is -0.660. The van der Waals surface area contributed by atoms with Crippen molar-refractivity contribution in [3.8, 4) is 5.75 Å². The van der Waals surface area contributed by atoms with Crippen LogP contribution in [0.4, 0.5) is 0 Å². The van der Waals surface area contributed by atoms with Gasteiger partial charge in [0.2, 0.25) is 15.9 Å². The summed E-state index contributed by atoms with van der Waals surface area (Å²) in [6.07, 6.45) is 1.53. The van der Waals surface area contributed by atoms with Crippen LogP contribution in [0.1, 0.15) is 19.3 Å². The zero-order valence-corrected chi connectivity index (χ0v) is 22.2. The van der Waals surface area contributed by atoms with E-state index < -0.39 is 15.4 Å². The van der Waals surface area contributed by atoms with Crippen LogP contribution in [0.15, 0.2) is 53.4 Å². The van der Waals surface area contributed by atoms with Crippen LogP contribution >= 0.6 is 23.2 Å². The Bertz CT molecular complexity index is 1140. The zero-order chi connectivity index (χ0) is 25.1. The van der Waals surface area contributed by atoms with Crippen LogP contribution in [-0.2, 0) is 14.8 Å². The summed E-state index contributed by atoms with van der Waals surface area (Å²) in [4.78, 5) is 17.4. The molecule has 2 aliphatic heterocycles. The Labute approximate surface area is 217 Å². The quantitative estimate of drug-likeness (QED) is 0.531. The normalized spacial score (nSPS) is 22.2. The number of para-hydroxylation sites is 1. The van der Waals surface area contributed by atoms with E-state index >= 15 is 0 Å². The van der Waals surface area contributed by atoms with Crippen molar-refractivity contribution in [1.82, 2.24) is 14.1 Å². The van der Waals surface area contributed by atoms with Gasteiger partial charge in [-0.3, -0.25) is 4.79 Å². The summed E-state index contributed by atoms with van der Waals surface area (Å²) in [5.74, 6) is 0.728. The van der Waals surface area contributed by atoms with Crippen LogP contribution in [0.5, 0.6) is 5.75 Å². The maximum Gasteiger partial charge on any atom is 0.244 e. The van der Waals surface area contributed by atoms with Crippen LogP contribution in [0.2, 0.25) is 10.0 Å². The molecule has 2 aromatic carbocycles. The summed E-state index contributed by atoms with van der Waals surface area (Å²) in [6, 6.07) is 14.0. The van der Waals surface area contributed by atoms with Gasteiger partial charge in [-0.25, -0.2) is 8.42 Å². The second kappa shape index (κ2) is 11.0. The molecule has 2 saturated heterocycles. The predicted molar refractivity (Wildman–Crippen MR) is 138 cm³/mol. The minimum atomic E-state index is -3.91. The number of sulfonamides is 1.